The Morgan fingerprint density at radius 3 is 2.32 bits per heavy atom. The van der Waals surface area contributed by atoms with E-state index in [2.05, 4.69) is 24.7 Å². The second-order valence-electron chi connectivity index (χ2n) is 6.95. The summed E-state index contributed by atoms with van der Waals surface area (Å²) in [5, 5.41) is 21.3. The predicted octanol–water partition coefficient (Wildman–Crippen LogP) is -0.786. The van der Waals surface area contributed by atoms with Crippen LogP contribution in [0.1, 0.15) is 13.8 Å². The van der Waals surface area contributed by atoms with Crippen LogP contribution in [0.25, 0.3) is 0 Å². The fraction of sp³-hybridized carbons (Fsp3) is 0.583. The Bertz CT molecular complexity index is 945. The van der Waals surface area contributed by atoms with Gasteiger partial charge in [-0.3, -0.25) is 4.52 Å². The molecule has 0 aromatic rings. The highest BCUT2D eigenvalue weighted by Crippen LogP contribution is 2.66. The molecule has 0 spiro atoms. The maximum absolute atomic E-state index is 11.9. The van der Waals surface area contributed by atoms with Gasteiger partial charge >= 0.3 is 23.5 Å². The third-order valence-electron chi connectivity index (χ3n) is 4.16. The molecule has 0 aliphatic carbocycles. The molecule has 31 heavy (non-hydrogen) atoms. The predicted molar refractivity (Wildman–Crippen MR) is 101 cm³/mol. The van der Waals surface area contributed by atoms with Crippen molar-refractivity contribution in [1.82, 2.24) is 4.90 Å². The van der Waals surface area contributed by atoms with Gasteiger partial charge in [-0.1, -0.05) is 6.58 Å². The molecule has 2 rings (SSSR count). The van der Waals surface area contributed by atoms with Gasteiger partial charge in [-0.25, -0.2) is 18.7 Å². The van der Waals surface area contributed by atoms with E-state index >= 15 is 0 Å². The number of hydrogen-bond acceptors (Lipinski definition) is 12. The van der Waals surface area contributed by atoms with Crippen molar-refractivity contribution >= 4 is 29.3 Å². The summed E-state index contributed by atoms with van der Waals surface area (Å²) < 4.78 is 51.4. The summed E-state index contributed by atoms with van der Waals surface area (Å²) in [6.45, 7) is 5.04. The lowest BCUT2D eigenvalue weighted by molar-refractivity contribution is -0.130. The lowest BCUT2D eigenvalue weighted by atomic mass is 9.89. The van der Waals surface area contributed by atoms with Gasteiger partial charge in [0.05, 0.1) is 6.61 Å². The smallest absolute Gasteiger partial charge is 0.387 e. The molecule has 3 unspecified atom stereocenters. The largest absolute Gasteiger partial charge is 0.490 e. The minimum atomic E-state index is -5.72. The first-order valence-corrected chi connectivity index (χ1v) is 12.7. The summed E-state index contributed by atoms with van der Waals surface area (Å²) in [5.41, 5.74) is 1.65. The number of aliphatic hydroxyl groups is 2. The zero-order valence-corrected chi connectivity index (χ0v) is 18.8. The van der Waals surface area contributed by atoms with E-state index < -0.39 is 53.6 Å². The number of hydrogen-bond donors (Lipinski definition) is 7. The van der Waals surface area contributed by atoms with Gasteiger partial charge in [-0.05, 0) is 19.9 Å². The van der Waals surface area contributed by atoms with Gasteiger partial charge < -0.3 is 45.2 Å². The van der Waals surface area contributed by atoms with Crippen LogP contribution in [0.15, 0.2) is 29.7 Å². The van der Waals surface area contributed by atoms with Crippen LogP contribution in [-0.2, 0) is 31.6 Å². The van der Waals surface area contributed by atoms with E-state index in [0.717, 1.165) is 0 Å². The van der Waals surface area contributed by atoms with E-state index in [1.165, 1.54) is 31.0 Å². The Morgan fingerprint density at radius 1 is 1.23 bits per heavy atom. The van der Waals surface area contributed by atoms with Crippen LogP contribution in [0, 0.1) is 0 Å². The van der Waals surface area contributed by atoms with E-state index in [0.29, 0.717) is 0 Å². The lowest BCUT2D eigenvalue weighted by Gasteiger charge is -2.35. The summed E-state index contributed by atoms with van der Waals surface area (Å²) in [4.78, 5) is 41.0. The third kappa shape index (κ3) is 6.30. The van der Waals surface area contributed by atoms with Crippen LogP contribution in [0.2, 0.25) is 0 Å². The van der Waals surface area contributed by atoms with Gasteiger partial charge in [-0.15, -0.1) is 0 Å². The number of nitrogens with zero attached hydrogens (tertiary/aromatic N) is 2. The van der Waals surface area contributed by atoms with Crippen LogP contribution in [0.4, 0.5) is 0 Å². The molecule has 0 radical (unpaired) electrons. The van der Waals surface area contributed by atoms with Crippen LogP contribution >= 0.6 is 23.5 Å². The SMILES string of the molecule is C=C1N=C(N)C=CN1[C@@H]1O[C@](C)(COP(=O)(O)OP(=O)(O)OP(=O)(O)O)[C@H](O)C1(C)O. The van der Waals surface area contributed by atoms with E-state index in [-0.39, 0.29) is 11.7 Å². The molecule has 1 fully saturated rings. The molecule has 1 saturated heterocycles. The van der Waals surface area contributed by atoms with Crippen molar-refractivity contribution in [2.75, 3.05) is 6.61 Å². The molecule has 178 valence electrons. The van der Waals surface area contributed by atoms with Gasteiger partial charge in [-0.2, -0.15) is 8.62 Å². The number of phosphoric acid groups is 3. The Labute approximate surface area is 175 Å². The van der Waals surface area contributed by atoms with Gasteiger partial charge in [0.25, 0.3) is 0 Å². The molecular weight excluding hydrogens is 487 g/mol. The number of nitrogens with two attached hydrogens (primary N) is 1. The van der Waals surface area contributed by atoms with Crippen molar-refractivity contribution in [2.24, 2.45) is 10.7 Å². The molecule has 0 saturated carbocycles. The Kier molecular flexibility index (Phi) is 7.15. The third-order valence-corrected chi connectivity index (χ3v) is 7.94. The molecule has 2 heterocycles. The standard InChI is InChI=1S/C12H22N3O13P3/c1-7-14-8(13)4-5-15(7)10-12(3,17)9(16)11(2,26-10)6-25-30(21,22)28-31(23,24)27-29(18,19)20/h4-5,9-10,16-17H,1,6H2,2-3H3,(H2,13,14)(H,21,22)(H,23,24)(H2,18,19,20)/t9-,10+,11+,12?/m0/s1. The minimum absolute atomic E-state index is 0.0506. The average Bonchev–Trinajstić information content (AvgIpc) is 2.71. The van der Waals surface area contributed by atoms with Crippen LogP contribution in [0.5, 0.6) is 0 Å². The number of amidine groups is 1. The molecule has 2 aliphatic heterocycles. The fourth-order valence-electron chi connectivity index (χ4n) is 2.86. The van der Waals surface area contributed by atoms with Crippen molar-refractivity contribution in [3.05, 3.63) is 24.7 Å². The molecular formula is C12H22N3O13P3. The molecule has 19 heteroatoms. The Hall–Kier alpha value is -0.960. The summed E-state index contributed by atoms with van der Waals surface area (Å²) in [5.74, 6) is 0.171. The van der Waals surface area contributed by atoms with Gasteiger partial charge in [0.1, 0.15) is 29.0 Å². The monoisotopic (exact) mass is 509 g/mol. The quantitative estimate of drug-likeness (QED) is 0.198. The van der Waals surface area contributed by atoms with Gasteiger partial charge in [0.2, 0.25) is 0 Å². The first-order chi connectivity index (χ1) is 13.8. The van der Waals surface area contributed by atoms with Crippen LogP contribution in [-0.4, -0.2) is 70.7 Å². The van der Waals surface area contributed by atoms with Crippen LogP contribution in [0.3, 0.4) is 0 Å². The number of ether oxygens (including phenoxy) is 1. The molecule has 8 N–H and O–H groups in total. The Balaban J connectivity index is 2.15. The molecule has 0 aromatic carbocycles. The summed E-state index contributed by atoms with van der Waals surface area (Å²) in [6.07, 6.45) is -0.341. The minimum Gasteiger partial charge on any atom is -0.387 e. The zero-order valence-electron chi connectivity index (χ0n) is 16.1. The highest BCUT2D eigenvalue weighted by molar-refractivity contribution is 7.66. The molecule has 16 nitrogen and oxygen atoms in total. The highest BCUT2D eigenvalue weighted by atomic mass is 31.3. The molecule has 6 atom stereocenters. The highest BCUT2D eigenvalue weighted by Gasteiger charge is 2.61. The van der Waals surface area contributed by atoms with E-state index in [9.17, 15) is 33.7 Å². The number of rotatable bonds is 8. The molecule has 2 aliphatic rings. The van der Waals surface area contributed by atoms with E-state index in [1.54, 1.807) is 0 Å². The first-order valence-electron chi connectivity index (χ1n) is 8.14. The maximum atomic E-state index is 11.9. The van der Waals surface area contributed by atoms with Crippen molar-refractivity contribution in [3.8, 4) is 0 Å². The lowest BCUT2D eigenvalue weighted by Crippen LogP contribution is -2.53. The second-order valence-corrected chi connectivity index (χ2v) is 11.4. The molecule has 0 amide bonds. The summed E-state index contributed by atoms with van der Waals surface area (Å²) in [6, 6.07) is 0. The first kappa shape index (κ1) is 26.3. The topological polar surface area (TPSA) is 251 Å². The van der Waals surface area contributed by atoms with Gasteiger partial charge in [0, 0.05) is 6.20 Å². The van der Waals surface area contributed by atoms with Crippen LogP contribution < -0.4 is 5.73 Å². The van der Waals surface area contributed by atoms with Crippen molar-refractivity contribution in [2.45, 2.75) is 37.4 Å². The number of aliphatic imine (C=N–C) groups is 1. The Morgan fingerprint density at radius 2 is 1.81 bits per heavy atom. The normalized spacial score (nSPS) is 35.5. The van der Waals surface area contributed by atoms with E-state index in [1.807, 2.05) is 0 Å². The number of phosphoric ester groups is 1. The molecule has 0 aromatic heterocycles. The zero-order chi connectivity index (χ0) is 24.0. The average molecular weight is 509 g/mol. The van der Waals surface area contributed by atoms with Gasteiger partial charge in [0.15, 0.2) is 6.23 Å². The maximum Gasteiger partial charge on any atom is 0.490 e. The fourth-order valence-corrected chi connectivity index (χ4v) is 5.97. The summed E-state index contributed by atoms with van der Waals surface area (Å²) in [7, 11) is -16.7. The summed E-state index contributed by atoms with van der Waals surface area (Å²) >= 11 is 0. The van der Waals surface area contributed by atoms with Crippen molar-refractivity contribution in [1.29, 1.82) is 0 Å². The van der Waals surface area contributed by atoms with Crippen molar-refractivity contribution in [3.63, 3.8) is 0 Å². The second kappa shape index (κ2) is 8.43. The van der Waals surface area contributed by atoms with E-state index in [4.69, 9.17) is 20.3 Å². The number of aliphatic hydroxyl groups excluding tert-OH is 1. The van der Waals surface area contributed by atoms with Crippen molar-refractivity contribution < 1.29 is 61.4 Å². The molecule has 0 bridgehead atoms.